The molecule has 1 N–H and O–H groups in total. The summed E-state index contributed by atoms with van der Waals surface area (Å²) >= 11 is 0. The van der Waals surface area contributed by atoms with Gasteiger partial charge in [-0.25, -0.2) is 4.98 Å². The second-order valence-corrected chi connectivity index (χ2v) is 4.60. The van der Waals surface area contributed by atoms with E-state index in [1.54, 1.807) is 0 Å². The molecular formula is C12H21N3. The summed E-state index contributed by atoms with van der Waals surface area (Å²) in [5, 5.41) is 3.55. The van der Waals surface area contributed by atoms with E-state index >= 15 is 0 Å². The van der Waals surface area contributed by atoms with Crippen LogP contribution in [0.5, 0.6) is 0 Å². The molecule has 1 aromatic rings. The molecule has 1 atom stereocenters. The van der Waals surface area contributed by atoms with E-state index in [1.165, 1.54) is 32.2 Å². The van der Waals surface area contributed by atoms with Crippen LogP contribution < -0.4 is 5.32 Å². The monoisotopic (exact) mass is 207 g/mol. The molecule has 0 saturated heterocycles. The number of aryl methyl sites for hydroxylation is 1. The zero-order chi connectivity index (χ0) is 10.7. The highest BCUT2D eigenvalue weighted by molar-refractivity contribution is 4.91. The Morgan fingerprint density at radius 2 is 2.40 bits per heavy atom. The highest BCUT2D eigenvalue weighted by atomic mass is 15.1. The van der Waals surface area contributed by atoms with Crippen molar-refractivity contribution in [3.05, 3.63) is 18.2 Å². The van der Waals surface area contributed by atoms with E-state index in [1.807, 2.05) is 6.20 Å². The van der Waals surface area contributed by atoms with Gasteiger partial charge >= 0.3 is 0 Å². The summed E-state index contributed by atoms with van der Waals surface area (Å²) in [6, 6.07) is 1.42. The highest BCUT2D eigenvalue weighted by Gasteiger charge is 2.19. The molecule has 1 aliphatic rings. The quantitative estimate of drug-likeness (QED) is 0.725. The van der Waals surface area contributed by atoms with Crippen molar-refractivity contribution >= 4 is 0 Å². The maximum absolute atomic E-state index is 4.25. The molecule has 0 bridgehead atoms. The predicted octanol–water partition coefficient (Wildman–Crippen LogP) is 2.28. The fourth-order valence-electron chi connectivity index (χ4n) is 1.98. The lowest BCUT2D eigenvalue weighted by molar-refractivity contribution is 0.467. The Bertz CT molecular complexity index is 302. The standard InChI is InChI=1S/C12H21N3/c1-10(15-9-8-13-11(15)2)4-3-7-14-12-5-6-12/h8-10,12,14H,3-7H2,1-2H3. The molecule has 0 aromatic carbocycles. The lowest BCUT2D eigenvalue weighted by atomic mass is 10.2. The molecule has 1 fully saturated rings. The number of aromatic nitrogens is 2. The average molecular weight is 207 g/mol. The van der Waals surface area contributed by atoms with Crippen LogP contribution in [0.25, 0.3) is 0 Å². The van der Waals surface area contributed by atoms with Crippen molar-refractivity contribution in [2.45, 2.75) is 51.6 Å². The fourth-order valence-corrected chi connectivity index (χ4v) is 1.98. The molecule has 1 unspecified atom stereocenters. The van der Waals surface area contributed by atoms with E-state index in [9.17, 15) is 0 Å². The summed E-state index contributed by atoms with van der Waals surface area (Å²) in [6.07, 6.45) is 9.22. The third-order valence-corrected chi connectivity index (χ3v) is 3.15. The number of hydrogen-bond acceptors (Lipinski definition) is 2. The van der Waals surface area contributed by atoms with Gasteiger partial charge in [-0.15, -0.1) is 0 Å². The van der Waals surface area contributed by atoms with E-state index in [4.69, 9.17) is 0 Å². The summed E-state index contributed by atoms with van der Waals surface area (Å²) < 4.78 is 2.26. The van der Waals surface area contributed by atoms with Crippen LogP contribution in [0.1, 0.15) is 44.5 Å². The van der Waals surface area contributed by atoms with Crippen LogP contribution in [0.3, 0.4) is 0 Å². The Labute approximate surface area is 91.9 Å². The van der Waals surface area contributed by atoms with Crippen LogP contribution in [0.2, 0.25) is 0 Å². The van der Waals surface area contributed by atoms with Gasteiger partial charge in [-0.1, -0.05) is 0 Å². The largest absolute Gasteiger partial charge is 0.332 e. The van der Waals surface area contributed by atoms with Gasteiger partial charge in [0.2, 0.25) is 0 Å². The first kappa shape index (κ1) is 10.7. The molecule has 0 amide bonds. The molecule has 1 aromatic heterocycles. The zero-order valence-corrected chi connectivity index (χ0v) is 9.74. The molecule has 3 heteroatoms. The van der Waals surface area contributed by atoms with Crippen LogP contribution in [-0.2, 0) is 0 Å². The summed E-state index contributed by atoms with van der Waals surface area (Å²) in [4.78, 5) is 4.25. The van der Waals surface area contributed by atoms with Crippen molar-refractivity contribution in [2.24, 2.45) is 0 Å². The van der Waals surface area contributed by atoms with E-state index in [2.05, 4.69) is 34.9 Å². The van der Waals surface area contributed by atoms with Crippen LogP contribution in [0, 0.1) is 6.92 Å². The van der Waals surface area contributed by atoms with Crippen LogP contribution in [0.4, 0.5) is 0 Å². The maximum atomic E-state index is 4.25. The molecular weight excluding hydrogens is 186 g/mol. The normalized spacial score (nSPS) is 18.0. The number of nitrogens with zero attached hydrogens (tertiary/aromatic N) is 2. The Balaban J connectivity index is 1.67. The Hall–Kier alpha value is -0.830. The first-order valence-electron chi connectivity index (χ1n) is 6.00. The minimum absolute atomic E-state index is 0.577. The van der Waals surface area contributed by atoms with Crippen molar-refractivity contribution in [1.29, 1.82) is 0 Å². The number of hydrogen-bond donors (Lipinski definition) is 1. The minimum atomic E-state index is 0.577. The lowest BCUT2D eigenvalue weighted by Crippen LogP contribution is -2.18. The Morgan fingerprint density at radius 1 is 1.60 bits per heavy atom. The van der Waals surface area contributed by atoms with Gasteiger partial charge in [-0.3, -0.25) is 0 Å². The molecule has 0 spiro atoms. The van der Waals surface area contributed by atoms with Crippen molar-refractivity contribution in [1.82, 2.24) is 14.9 Å². The summed E-state index contributed by atoms with van der Waals surface area (Å²) in [5.74, 6) is 1.12. The van der Waals surface area contributed by atoms with E-state index in [-0.39, 0.29) is 0 Å². The smallest absolute Gasteiger partial charge is 0.105 e. The van der Waals surface area contributed by atoms with Gasteiger partial charge in [0, 0.05) is 24.5 Å². The third-order valence-electron chi connectivity index (χ3n) is 3.15. The average Bonchev–Trinajstić information content (AvgIpc) is 2.94. The molecule has 15 heavy (non-hydrogen) atoms. The van der Waals surface area contributed by atoms with Gasteiger partial charge in [0.1, 0.15) is 5.82 Å². The van der Waals surface area contributed by atoms with Crippen LogP contribution in [0.15, 0.2) is 12.4 Å². The maximum Gasteiger partial charge on any atom is 0.105 e. The molecule has 3 nitrogen and oxygen atoms in total. The first-order chi connectivity index (χ1) is 7.27. The Kier molecular flexibility index (Phi) is 3.41. The SMILES string of the molecule is Cc1nccn1C(C)CCCNC1CC1. The predicted molar refractivity (Wildman–Crippen MR) is 61.9 cm³/mol. The molecule has 1 saturated carbocycles. The van der Waals surface area contributed by atoms with Gasteiger partial charge in [0.25, 0.3) is 0 Å². The molecule has 1 aliphatic carbocycles. The van der Waals surface area contributed by atoms with Gasteiger partial charge in [-0.05, 0) is 46.1 Å². The fraction of sp³-hybridized carbons (Fsp3) is 0.750. The van der Waals surface area contributed by atoms with Crippen molar-refractivity contribution < 1.29 is 0 Å². The topological polar surface area (TPSA) is 29.9 Å². The second kappa shape index (κ2) is 4.79. The van der Waals surface area contributed by atoms with Gasteiger partial charge in [0.15, 0.2) is 0 Å². The molecule has 0 radical (unpaired) electrons. The van der Waals surface area contributed by atoms with Gasteiger partial charge < -0.3 is 9.88 Å². The molecule has 0 aliphatic heterocycles. The van der Waals surface area contributed by atoms with Crippen LogP contribution >= 0.6 is 0 Å². The highest BCUT2D eigenvalue weighted by Crippen LogP contribution is 2.19. The summed E-state index contributed by atoms with van der Waals surface area (Å²) in [5.41, 5.74) is 0. The second-order valence-electron chi connectivity index (χ2n) is 4.60. The molecule has 84 valence electrons. The van der Waals surface area contributed by atoms with E-state index < -0.39 is 0 Å². The number of imidazole rings is 1. The molecule has 1 heterocycles. The minimum Gasteiger partial charge on any atom is -0.332 e. The van der Waals surface area contributed by atoms with Crippen molar-refractivity contribution in [2.75, 3.05) is 6.54 Å². The third kappa shape index (κ3) is 3.06. The number of nitrogens with one attached hydrogen (secondary N) is 1. The zero-order valence-electron chi connectivity index (χ0n) is 9.74. The summed E-state index contributed by atoms with van der Waals surface area (Å²) in [7, 11) is 0. The van der Waals surface area contributed by atoms with E-state index in [0.29, 0.717) is 6.04 Å². The Morgan fingerprint density at radius 3 is 3.00 bits per heavy atom. The van der Waals surface area contributed by atoms with Crippen LogP contribution in [-0.4, -0.2) is 22.1 Å². The van der Waals surface area contributed by atoms with Gasteiger partial charge in [-0.2, -0.15) is 0 Å². The molecule has 2 rings (SSSR count). The summed E-state index contributed by atoms with van der Waals surface area (Å²) in [6.45, 7) is 5.51. The number of rotatable bonds is 6. The van der Waals surface area contributed by atoms with Crippen molar-refractivity contribution in [3.8, 4) is 0 Å². The lowest BCUT2D eigenvalue weighted by Gasteiger charge is -2.14. The van der Waals surface area contributed by atoms with E-state index in [0.717, 1.165) is 11.9 Å². The van der Waals surface area contributed by atoms with Crippen molar-refractivity contribution in [3.63, 3.8) is 0 Å². The first-order valence-corrected chi connectivity index (χ1v) is 6.00. The van der Waals surface area contributed by atoms with Gasteiger partial charge in [0.05, 0.1) is 0 Å².